The van der Waals surface area contributed by atoms with Crippen molar-refractivity contribution in [1.82, 2.24) is 5.32 Å². The molecule has 0 fully saturated rings. The van der Waals surface area contributed by atoms with Gasteiger partial charge in [-0.25, -0.2) is 13.2 Å². The van der Waals surface area contributed by atoms with Crippen LogP contribution in [0.4, 0.5) is 15.5 Å². The lowest BCUT2D eigenvalue weighted by Crippen LogP contribution is -2.31. The number of hydrogen-bond acceptors (Lipinski definition) is 7. The van der Waals surface area contributed by atoms with Gasteiger partial charge in [0.2, 0.25) is 0 Å². The zero-order valence-electron chi connectivity index (χ0n) is 18.0. The fourth-order valence-corrected chi connectivity index (χ4v) is 5.01. The van der Waals surface area contributed by atoms with Crippen LogP contribution in [0.2, 0.25) is 0 Å². The Labute approximate surface area is 194 Å². The Kier molecular flexibility index (Phi) is 7.14. The molecule has 0 saturated heterocycles. The van der Waals surface area contributed by atoms with Gasteiger partial charge in [0.05, 0.1) is 17.6 Å². The molecule has 2 aromatic carbocycles. The second-order valence-electron chi connectivity index (χ2n) is 6.88. The third-order valence-corrected chi connectivity index (χ3v) is 7.21. The molecule has 0 atom stereocenters. The number of alkyl carbamates (subject to hydrolysis) is 1. The molecule has 0 spiro atoms. The summed E-state index contributed by atoms with van der Waals surface area (Å²) >= 11 is 1.20. The molecule has 33 heavy (non-hydrogen) atoms. The molecule has 172 valence electrons. The van der Waals surface area contributed by atoms with Crippen molar-refractivity contribution in [3.63, 3.8) is 0 Å². The Morgan fingerprint density at radius 2 is 1.55 bits per heavy atom. The van der Waals surface area contributed by atoms with E-state index in [1.54, 1.807) is 32.0 Å². The molecule has 0 radical (unpaired) electrons. The minimum absolute atomic E-state index is 0.119. The molecule has 9 nitrogen and oxygen atoms in total. The first-order valence-corrected chi connectivity index (χ1v) is 11.9. The van der Waals surface area contributed by atoms with E-state index in [4.69, 9.17) is 0 Å². The summed E-state index contributed by atoms with van der Waals surface area (Å²) < 4.78 is 31.8. The summed E-state index contributed by atoms with van der Waals surface area (Å²) in [6, 6.07) is 13.8. The third kappa shape index (κ3) is 5.57. The van der Waals surface area contributed by atoms with E-state index in [1.165, 1.54) is 47.7 Å². The Hall–Kier alpha value is -3.70. The highest BCUT2D eigenvalue weighted by Crippen LogP contribution is 2.33. The smallest absolute Gasteiger partial charge is 0.413 e. The average molecular weight is 488 g/mol. The lowest BCUT2D eigenvalue weighted by Gasteiger charge is -2.10. The van der Waals surface area contributed by atoms with Crippen LogP contribution >= 0.6 is 11.3 Å². The molecule has 0 aliphatic carbocycles. The number of benzene rings is 2. The summed E-state index contributed by atoms with van der Waals surface area (Å²) in [5, 5.41) is 5.05. The van der Waals surface area contributed by atoms with Gasteiger partial charge in [0.1, 0.15) is 5.00 Å². The van der Waals surface area contributed by atoms with Crippen LogP contribution in [0.1, 0.15) is 31.2 Å². The minimum Gasteiger partial charge on any atom is -0.453 e. The summed E-state index contributed by atoms with van der Waals surface area (Å²) in [5.74, 6) is -1.19. The average Bonchev–Trinajstić information content (AvgIpc) is 3.07. The number of methoxy groups -OCH3 is 1. The maximum Gasteiger partial charge on any atom is 0.413 e. The van der Waals surface area contributed by atoms with Gasteiger partial charge in [-0.2, -0.15) is 0 Å². The molecule has 0 bridgehead atoms. The molecule has 3 rings (SSSR count). The number of anilines is 2. The van der Waals surface area contributed by atoms with Crippen LogP contribution in [0.3, 0.4) is 0 Å². The number of aryl methyl sites for hydroxylation is 1. The lowest BCUT2D eigenvalue weighted by atomic mass is 10.1. The van der Waals surface area contributed by atoms with Crippen molar-refractivity contribution in [2.45, 2.75) is 18.7 Å². The van der Waals surface area contributed by atoms with Crippen LogP contribution in [0.25, 0.3) is 0 Å². The van der Waals surface area contributed by atoms with Crippen LogP contribution in [0.15, 0.2) is 59.5 Å². The maximum atomic E-state index is 12.7. The zero-order chi connectivity index (χ0) is 24.2. The molecule has 11 heteroatoms. The van der Waals surface area contributed by atoms with E-state index in [0.717, 1.165) is 12.0 Å². The highest BCUT2D eigenvalue weighted by atomic mass is 32.2. The fraction of sp³-hybridized carbons (Fsp3) is 0.136. The number of amides is 3. The topological polar surface area (TPSA) is 131 Å². The number of imide groups is 1. The number of rotatable bonds is 6. The van der Waals surface area contributed by atoms with Crippen LogP contribution in [0.5, 0.6) is 0 Å². The number of carbonyl (C=O) groups excluding carboxylic acids is 3. The lowest BCUT2D eigenvalue weighted by molar-refractivity contribution is 0.0937. The van der Waals surface area contributed by atoms with Crippen LogP contribution < -0.4 is 15.4 Å². The molecule has 3 N–H and O–H groups in total. The fourth-order valence-electron chi connectivity index (χ4n) is 2.87. The molecule has 1 heterocycles. The summed E-state index contributed by atoms with van der Waals surface area (Å²) in [5.41, 5.74) is 1.34. The van der Waals surface area contributed by atoms with Gasteiger partial charge in [0, 0.05) is 16.1 Å². The predicted molar refractivity (Wildman–Crippen MR) is 125 cm³/mol. The van der Waals surface area contributed by atoms with E-state index in [9.17, 15) is 22.8 Å². The zero-order valence-corrected chi connectivity index (χ0v) is 19.6. The largest absolute Gasteiger partial charge is 0.453 e. The van der Waals surface area contributed by atoms with Gasteiger partial charge in [0.15, 0.2) is 0 Å². The van der Waals surface area contributed by atoms with Gasteiger partial charge >= 0.3 is 6.09 Å². The molecule has 3 amide bonds. The van der Waals surface area contributed by atoms with E-state index in [-0.39, 0.29) is 26.7 Å². The van der Waals surface area contributed by atoms with Crippen LogP contribution in [-0.4, -0.2) is 33.4 Å². The SMILES string of the molecule is COC(=O)NC(=O)c1c(NC(=O)c2ccc(NS(=O)(=O)c3ccccc3)cc2)sc(C)c1C. The summed E-state index contributed by atoms with van der Waals surface area (Å²) in [6.07, 6.45) is -0.908. The van der Waals surface area contributed by atoms with Crippen LogP contribution in [-0.2, 0) is 14.8 Å². The molecule has 0 aliphatic heterocycles. The molecule has 3 aromatic rings. The predicted octanol–water partition coefficient (Wildman–Crippen LogP) is 3.91. The number of carbonyl (C=O) groups is 3. The molecule has 1 aromatic heterocycles. The van der Waals surface area contributed by atoms with Gasteiger partial charge in [-0.05, 0) is 55.8 Å². The Balaban J connectivity index is 1.76. The highest BCUT2D eigenvalue weighted by molar-refractivity contribution is 7.92. The van der Waals surface area contributed by atoms with Gasteiger partial charge in [-0.1, -0.05) is 18.2 Å². The first kappa shape index (κ1) is 24.0. The van der Waals surface area contributed by atoms with E-state index >= 15 is 0 Å². The minimum atomic E-state index is -3.76. The number of ether oxygens (including phenoxy) is 1. The van der Waals surface area contributed by atoms with Crippen molar-refractivity contribution < 1.29 is 27.5 Å². The second-order valence-corrected chi connectivity index (χ2v) is 9.79. The monoisotopic (exact) mass is 487 g/mol. The first-order valence-electron chi connectivity index (χ1n) is 9.61. The second kappa shape index (κ2) is 9.84. The van der Waals surface area contributed by atoms with Crippen molar-refractivity contribution >= 4 is 50.0 Å². The highest BCUT2D eigenvalue weighted by Gasteiger charge is 2.23. The van der Waals surface area contributed by atoms with E-state index in [1.807, 2.05) is 0 Å². The summed E-state index contributed by atoms with van der Waals surface area (Å²) in [4.78, 5) is 37.5. The van der Waals surface area contributed by atoms with Gasteiger partial charge in [0.25, 0.3) is 21.8 Å². The standard InChI is InChI=1S/C22H21N3O6S2/c1-13-14(2)32-21(18(13)20(27)24-22(28)31-3)23-19(26)15-9-11-16(12-10-15)25-33(29,30)17-7-5-4-6-8-17/h4-12,25H,1-3H3,(H,23,26)(H,24,27,28). The summed E-state index contributed by atoms with van der Waals surface area (Å²) in [7, 11) is -2.62. The van der Waals surface area contributed by atoms with Gasteiger partial charge in [-0.3, -0.25) is 19.6 Å². The Morgan fingerprint density at radius 1 is 0.909 bits per heavy atom. The molecule has 0 unspecified atom stereocenters. The van der Waals surface area contributed by atoms with Crippen molar-refractivity contribution in [2.75, 3.05) is 17.1 Å². The first-order chi connectivity index (χ1) is 15.6. The van der Waals surface area contributed by atoms with E-state index in [2.05, 4.69) is 20.1 Å². The Morgan fingerprint density at radius 3 is 2.15 bits per heavy atom. The van der Waals surface area contributed by atoms with Crippen LogP contribution in [0, 0.1) is 13.8 Å². The maximum absolute atomic E-state index is 12.7. The van der Waals surface area contributed by atoms with E-state index < -0.39 is 27.9 Å². The molecule has 0 aliphatic rings. The van der Waals surface area contributed by atoms with Gasteiger partial charge in [-0.15, -0.1) is 11.3 Å². The quantitative estimate of drug-likeness (QED) is 0.483. The normalized spacial score (nSPS) is 10.9. The van der Waals surface area contributed by atoms with Gasteiger partial charge < -0.3 is 10.1 Å². The van der Waals surface area contributed by atoms with Crippen molar-refractivity contribution in [3.05, 3.63) is 76.2 Å². The third-order valence-electron chi connectivity index (χ3n) is 4.69. The number of sulfonamides is 1. The summed E-state index contributed by atoms with van der Waals surface area (Å²) in [6.45, 7) is 3.50. The number of hydrogen-bond donors (Lipinski definition) is 3. The molecule has 0 saturated carbocycles. The number of nitrogens with one attached hydrogen (secondary N) is 3. The Bertz CT molecular complexity index is 1300. The van der Waals surface area contributed by atoms with Crippen molar-refractivity contribution in [1.29, 1.82) is 0 Å². The number of thiophene rings is 1. The van der Waals surface area contributed by atoms with Crippen molar-refractivity contribution in [3.8, 4) is 0 Å². The molecular weight excluding hydrogens is 466 g/mol. The molecular formula is C22H21N3O6S2. The van der Waals surface area contributed by atoms with Crippen molar-refractivity contribution in [2.24, 2.45) is 0 Å². The van der Waals surface area contributed by atoms with E-state index in [0.29, 0.717) is 5.56 Å².